The molecule has 0 saturated heterocycles. The van der Waals surface area contributed by atoms with Gasteiger partial charge in [-0.3, -0.25) is 0 Å². The van der Waals surface area contributed by atoms with Crippen molar-refractivity contribution < 1.29 is 9.47 Å². The third-order valence-corrected chi connectivity index (χ3v) is 3.16. The SMILES string of the molecule is COc1ccccc1-c1cc2ccccc2c[n+]1[O-]. The Hall–Kier alpha value is -2.55. The number of rotatable bonds is 2. The molecule has 0 spiro atoms. The van der Waals surface area contributed by atoms with Crippen molar-refractivity contribution in [1.29, 1.82) is 0 Å². The summed E-state index contributed by atoms with van der Waals surface area (Å²) in [6.07, 6.45) is 1.59. The topological polar surface area (TPSA) is 36.2 Å². The monoisotopic (exact) mass is 251 g/mol. The first kappa shape index (κ1) is 11.5. The lowest BCUT2D eigenvalue weighted by Gasteiger charge is -2.09. The van der Waals surface area contributed by atoms with E-state index in [1.165, 1.54) is 0 Å². The number of hydrogen-bond acceptors (Lipinski definition) is 2. The summed E-state index contributed by atoms with van der Waals surface area (Å²) >= 11 is 0. The van der Waals surface area contributed by atoms with E-state index < -0.39 is 0 Å². The van der Waals surface area contributed by atoms with Gasteiger partial charge in [-0.2, -0.15) is 4.73 Å². The predicted octanol–water partition coefficient (Wildman–Crippen LogP) is 3.15. The molecule has 0 atom stereocenters. The second kappa shape index (κ2) is 4.61. The summed E-state index contributed by atoms with van der Waals surface area (Å²) in [4.78, 5) is 0. The fourth-order valence-electron chi connectivity index (χ4n) is 2.22. The molecule has 2 aromatic carbocycles. The molecule has 3 aromatic rings. The molecule has 0 aliphatic rings. The van der Waals surface area contributed by atoms with E-state index in [0.717, 1.165) is 21.1 Å². The summed E-state index contributed by atoms with van der Waals surface area (Å²) in [7, 11) is 1.61. The third kappa shape index (κ3) is 1.99. The Morgan fingerprint density at radius 1 is 0.947 bits per heavy atom. The average Bonchev–Trinajstić information content (AvgIpc) is 2.46. The maximum absolute atomic E-state index is 12.2. The first-order chi connectivity index (χ1) is 9.29. The van der Waals surface area contributed by atoms with Crippen LogP contribution >= 0.6 is 0 Å². The Bertz CT molecular complexity index is 738. The maximum atomic E-state index is 12.2. The Morgan fingerprint density at radius 2 is 1.63 bits per heavy atom. The number of hydrogen-bond donors (Lipinski definition) is 0. The Balaban J connectivity index is 2.27. The molecule has 3 nitrogen and oxygen atoms in total. The van der Waals surface area contributed by atoms with E-state index in [1.807, 2.05) is 54.6 Å². The Kier molecular flexibility index (Phi) is 2.80. The molecule has 1 heterocycles. The van der Waals surface area contributed by atoms with Gasteiger partial charge < -0.3 is 9.94 Å². The molecule has 0 amide bonds. The van der Waals surface area contributed by atoms with Gasteiger partial charge in [-0.05, 0) is 23.6 Å². The minimum atomic E-state index is 0.594. The molecule has 0 unspecified atom stereocenters. The smallest absolute Gasteiger partial charge is 0.228 e. The van der Waals surface area contributed by atoms with Crippen LogP contribution in [0.1, 0.15) is 0 Å². The fraction of sp³-hybridized carbons (Fsp3) is 0.0625. The molecule has 94 valence electrons. The summed E-state index contributed by atoms with van der Waals surface area (Å²) in [5.74, 6) is 0.697. The van der Waals surface area contributed by atoms with Gasteiger partial charge in [0.2, 0.25) is 5.69 Å². The molecule has 0 radical (unpaired) electrons. The predicted molar refractivity (Wildman–Crippen MR) is 74.9 cm³/mol. The maximum Gasteiger partial charge on any atom is 0.228 e. The van der Waals surface area contributed by atoms with Gasteiger partial charge in [-0.1, -0.05) is 30.3 Å². The molecule has 0 bridgehead atoms. The van der Waals surface area contributed by atoms with E-state index in [-0.39, 0.29) is 0 Å². The van der Waals surface area contributed by atoms with Crippen molar-refractivity contribution in [2.45, 2.75) is 0 Å². The highest BCUT2D eigenvalue weighted by Gasteiger charge is 2.14. The first-order valence-electron chi connectivity index (χ1n) is 6.05. The van der Waals surface area contributed by atoms with Crippen LogP contribution in [-0.2, 0) is 0 Å². The Labute approximate surface area is 111 Å². The molecule has 0 saturated carbocycles. The highest BCUT2D eigenvalue weighted by atomic mass is 16.5. The number of ether oxygens (including phenoxy) is 1. The number of benzene rings is 2. The van der Waals surface area contributed by atoms with Gasteiger partial charge in [-0.15, -0.1) is 0 Å². The van der Waals surface area contributed by atoms with Gasteiger partial charge in [0.1, 0.15) is 5.75 Å². The van der Waals surface area contributed by atoms with E-state index in [4.69, 9.17) is 4.74 Å². The van der Waals surface area contributed by atoms with Crippen LogP contribution in [0.15, 0.2) is 60.8 Å². The highest BCUT2D eigenvalue weighted by molar-refractivity contribution is 5.84. The van der Waals surface area contributed by atoms with Crippen LogP contribution in [-0.4, -0.2) is 7.11 Å². The zero-order chi connectivity index (χ0) is 13.2. The lowest BCUT2D eigenvalue weighted by atomic mass is 10.1. The van der Waals surface area contributed by atoms with Crippen molar-refractivity contribution in [3.8, 4) is 17.0 Å². The van der Waals surface area contributed by atoms with Gasteiger partial charge >= 0.3 is 0 Å². The number of fused-ring (bicyclic) bond motifs is 1. The van der Waals surface area contributed by atoms with Gasteiger partial charge in [0.05, 0.1) is 12.7 Å². The molecular weight excluding hydrogens is 238 g/mol. The van der Waals surface area contributed by atoms with E-state index in [1.54, 1.807) is 13.3 Å². The summed E-state index contributed by atoms with van der Waals surface area (Å²) < 4.78 is 6.20. The van der Waals surface area contributed by atoms with Crippen LogP contribution in [0.4, 0.5) is 0 Å². The van der Waals surface area contributed by atoms with Crippen molar-refractivity contribution in [2.75, 3.05) is 7.11 Å². The normalized spacial score (nSPS) is 10.6. The number of para-hydroxylation sites is 1. The number of aromatic nitrogens is 1. The largest absolute Gasteiger partial charge is 0.618 e. The molecule has 0 aliphatic heterocycles. The third-order valence-electron chi connectivity index (χ3n) is 3.16. The standard InChI is InChI=1S/C16H13NO2/c1-19-16-9-5-4-8-14(16)15-10-12-6-2-3-7-13(12)11-17(15)18/h2-11H,1H3. The van der Waals surface area contributed by atoms with Gasteiger partial charge in [0, 0.05) is 11.5 Å². The van der Waals surface area contributed by atoms with Gasteiger partial charge in [0.15, 0.2) is 6.20 Å². The minimum absolute atomic E-state index is 0.594. The number of nitrogens with zero attached hydrogens (tertiary/aromatic N) is 1. The molecular formula is C16H13NO2. The molecule has 0 fully saturated rings. The van der Waals surface area contributed by atoms with Crippen LogP contribution in [0.5, 0.6) is 5.75 Å². The molecule has 1 aromatic heterocycles. The van der Waals surface area contributed by atoms with Crippen molar-refractivity contribution in [3.63, 3.8) is 0 Å². The second-order valence-corrected chi connectivity index (χ2v) is 4.31. The Morgan fingerprint density at radius 3 is 2.42 bits per heavy atom. The number of pyridine rings is 1. The highest BCUT2D eigenvalue weighted by Crippen LogP contribution is 2.28. The van der Waals surface area contributed by atoms with Crippen LogP contribution < -0.4 is 9.47 Å². The van der Waals surface area contributed by atoms with Crippen LogP contribution in [0, 0.1) is 5.21 Å². The van der Waals surface area contributed by atoms with Gasteiger partial charge in [0.25, 0.3) is 0 Å². The van der Waals surface area contributed by atoms with E-state index in [2.05, 4.69) is 0 Å². The van der Waals surface area contributed by atoms with Crippen LogP contribution in [0.3, 0.4) is 0 Å². The van der Waals surface area contributed by atoms with Crippen molar-refractivity contribution >= 4 is 10.8 Å². The summed E-state index contributed by atoms with van der Waals surface area (Å²) in [6, 6.07) is 17.2. The van der Waals surface area contributed by atoms with Crippen molar-refractivity contribution in [3.05, 3.63) is 66.0 Å². The molecule has 0 aliphatic carbocycles. The lowest BCUT2D eigenvalue weighted by Crippen LogP contribution is -2.28. The quantitative estimate of drug-likeness (QED) is 0.518. The van der Waals surface area contributed by atoms with Crippen molar-refractivity contribution in [1.82, 2.24) is 0 Å². The number of methoxy groups -OCH3 is 1. The summed E-state index contributed by atoms with van der Waals surface area (Å²) in [5.41, 5.74) is 1.39. The molecule has 3 rings (SSSR count). The second-order valence-electron chi connectivity index (χ2n) is 4.31. The van der Waals surface area contributed by atoms with Gasteiger partial charge in [-0.25, -0.2) is 0 Å². The van der Waals surface area contributed by atoms with E-state index >= 15 is 0 Å². The zero-order valence-electron chi connectivity index (χ0n) is 10.5. The summed E-state index contributed by atoms with van der Waals surface area (Å²) in [5, 5.41) is 14.1. The fourth-order valence-corrected chi connectivity index (χ4v) is 2.22. The van der Waals surface area contributed by atoms with Crippen LogP contribution in [0.2, 0.25) is 0 Å². The molecule has 3 heteroatoms. The van der Waals surface area contributed by atoms with Crippen LogP contribution in [0.25, 0.3) is 22.0 Å². The summed E-state index contributed by atoms with van der Waals surface area (Å²) in [6.45, 7) is 0. The van der Waals surface area contributed by atoms with Crippen molar-refractivity contribution in [2.24, 2.45) is 0 Å². The average molecular weight is 251 g/mol. The zero-order valence-corrected chi connectivity index (χ0v) is 10.5. The molecule has 19 heavy (non-hydrogen) atoms. The molecule has 0 N–H and O–H groups in total. The first-order valence-corrected chi connectivity index (χ1v) is 6.05. The minimum Gasteiger partial charge on any atom is -0.618 e. The van der Waals surface area contributed by atoms with E-state index in [9.17, 15) is 5.21 Å². The lowest BCUT2D eigenvalue weighted by molar-refractivity contribution is -0.592. The van der Waals surface area contributed by atoms with E-state index in [0.29, 0.717) is 11.4 Å².